The average Bonchev–Trinajstić information content (AvgIpc) is 3.02. The summed E-state index contributed by atoms with van der Waals surface area (Å²) in [5.41, 5.74) is 2.35. The lowest BCUT2D eigenvalue weighted by Gasteiger charge is -2.13. The molecule has 1 amide bonds. The smallest absolute Gasteiger partial charge is 0.265 e. The molecule has 0 radical (unpaired) electrons. The summed E-state index contributed by atoms with van der Waals surface area (Å²) in [4.78, 5) is 16.8. The number of hydrogen-bond acceptors (Lipinski definition) is 3. The Bertz CT molecular complexity index is 885. The second-order valence-electron chi connectivity index (χ2n) is 5.40. The van der Waals surface area contributed by atoms with Crippen LogP contribution < -0.4 is 10.1 Å². The van der Waals surface area contributed by atoms with Gasteiger partial charge in [0.15, 0.2) is 6.10 Å². The van der Waals surface area contributed by atoms with Gasteiger partial charge in [-0.25, -0.2) is 0 Å². The van der Waals surface area contributed by atoms with E-state index in [9.17, 15) is 4.79 Å². The van der Waals surface area contributed by atoms with Crippen LogP contribution in [0.2, 0.25) is 5.02 Å². The maximum absolute atomic E-state index is 12.5. The highest BCUT2D eigenvalue weighted by molar-refractivity contribution is 6.35. The Hall–Kier alpha value is -2.59. The molecule has 1 aromatic heterocycles. The molecule has 0 fully saturated rings. The van der Waals surface area contributed by atoms with Crippen LogP contribution in [0.3, 0.4) is 0 Å². The minimum absolute atomic E-state index is 0.185. The first-order valence-corrected chi connectivity index (χ1v) is 7.69. The molecule has 2 aromatic carbocycles. The van der Waals surface area contributed by atoms with Gasteiger partial charge in [-0.1, -0.05) is 29.8 Å². The van der Waals surface area contributed by atoms with E-state index >= 15 is 0 Å². The Morgan fingerprint density at radius 2 is 2.04 bits per heavy atom. The van der Waals surface area contributed by atoms with Crippen molar-refractivity contribution in [1.29, 1.82) is 0 Å². The summed E-state index contributed by atoms with van der Waals surface area (Å²) in [6, 6.07) is 14.9. The van der Waals surface area contributed by atoms with Crippen molar-refractivity contribution in [3.05, 3.63) is 65.3 Å². The summed E-state index contributed by atoms with van der Waals surface area (Å²) >= 11 is 6.18. The number of pyridine rings is 1. The van der Waals surface area contributed by atoms with Crippen LogP contribution >= 0.6 is 11.6 Å². The predicted molar refractivity (Wildman–Crippen MR) is 89.9 cm³/mol. The predicted octanol–water partition coefficient (Wildman–Crippen LogP) is 3.83. The number of halogens is 1. The van der Waals surface area contributed by atoms with Gasteiger partial charge in [0.05, 0.1) is 16.2 Å². The van der Waals surface area contributed by atoms with Crippen molar-refractivity contribution in [2.45, 2.75) is 12.5 Å². The van der Waals surface area contributed by atoms with Gasteiger partial charge in [-0.15, -0.1) is 0 Å². The van der Waals surface area contributed by atoms with E-state index in [1.807, 2.05) is 36.4 Å². The van der Waals surface area contributed by atoms with E-state index in [1.165, 1.54) is 0 Å². The van der Waals surface area contributed by atoms with E-state index in [0.717, 1.165) is 16.7 Å². The Labute approximate surface area is 138 Å². The molecule has 1 aliphatic rings. The molecule has 0 saturated heterocycles. The zero-order valence-corrected chi connectivity index (χ0v) is 12.9. The standard InChI is InChI=1S/C18H13ClN2O2/c19-13-7-8-14(17-12(13)5-3-9-20-17)21-18(22)16-10-11-4-1-2-6-15(11)23-16/h1-9,16H,10H2,(H,21,22)/t16-/m1/s1. The first-order valence-electron chi connectivity index (χ1n) is 7.31. The number of nitrogens with one attached hydrogen (secondary N) is 1. The summed E-state index contributed by atoms with van der Waals surface area (Å²) in [5, 5.41) is 4.32. The van der Waals surface area contributed by atoms with Crippen molar-refractivity contribution in [3.63, 3.8) is 0 Å². The number of ether oxygens (including phenoxy) is 1. The largest absolute Gasteiger partial charge is 0.480 e. The third kappa shape index (κ3) is 2.51. The number of fused-ring (bicyclic) bond motifs is 2. The SMILES string of the molecule is O=C(Nc1ccc(Cl)c2cccnc12)[C@H]1Cc2ccccc2O1. The van der Waals surface area contributed by atoms with Gasteiger partial charge in [-0.05, 0) is 35.9 Å². The maximum Gasteiger partial charge on any atom is 0.265 e. The number of benzene rings is 2. The number of carbonyl (C=O) groups excluding carboxylic acids is 1. The Morgan fingerprint density at radius 3 is 2.91 bits per heavy atom. The van der Waals surface area contributed by atoms with Gasteiger partial charge < -0.3 is 10.1 Å². The van der Waals surface area contributed by atoms with Gasteiger partial charge in [0.25, 0.3) is 5.91 Å². The molecule has 23 heavy (non-hydrogen) atoms. The molecule has 1 aliphatic heterocycles. The zero-order valence-electron chi connectivity index (χ0n) is 12.1. The maximum atomic E-state index is 12.5. The Balaban J connectivity index is 1.60. The van der Waals surface area contributed by atoms with Gasteiger partial charge in [-0.3, -0.25) is 9.78 Å². The number of amides is 1. The minimum atomic E-state index is -0.526. The van der Waals surface area contributed by atoms with E-state index in [1.54, 1.807) is 18.3 Å². The number of hydrogen-bond donors (Lipinski definition) is 1. The van der Waals surface area contributed by atoms with Crippen LogP contribution in [-0.2, 0) is 11.2 Å². The van der Waals surface area contributed by atoms with E-state index in [-0.39, 0.29) is 5.91 Å². The van der Waals surface area contributed by atoms with Gasteiger partial charge in [0.1, 0.15) is 5.75 Å². The van der Waals surface area contributed by atoms with E-state index in [2.05, 4.69) is 10.3 Å². The van der Waals surface area contributed by atoms with E-state index in [4.69, 9.17) is 16.3 Å². The third-order valence-electron chi connectivity index (χ3n) is 3.91. The Morgan fingerprint density at radius 1 is 1.17 bits per heavy atom. The molecule has 1 N–H and O–H groups in total. The fourth-order valence-corrected chi connectivity index (χ4v) is 3.00. The molecule has 3 aromatic rings. The second-order valence-corrected chi connectivity index (χ2v) is 5.81. The molecule has 1 atom stereocenters. The molecule has 0 bridgehead atoms. The normalized spacial score (nSPS) is 16.0. The van der Waals surface area contributed by atoms with Crippen LogP contribution in [0, 0.1) is 0 Å². The molecule has 0 spiro atoms. The summed E-state index contributed by atoms with van der Waals surface area (Å²) in [5.74, 6) is 0.585. The van der Waals surface area contributed by atoms with Crippen molar-refractivity contribution in [2.24, 2.45) is 0 Å². The average molecular weight is 325 g/mol. The molecular formula is C18H13ClN2O2. The van der Waals surface area contributed by atoms with Crippen molar-refractivity contribution >= 4 is 34.1 Å². The number of para-hydroxylation sites is 1. The van der Waals surface area contributed by atoms with Crippen LogP contribution in [0.15, 0.2) is 54.7 Å². The third-order valence-corrected chi connectivity index (χ3v) is 4.24. The fourth-order valence-electron chi connectivity index (χ4n) is 2.78. The second kappa shape index (κ2) is 5.56. The molecule has 0 unspecified atom stereocenters. The Kier molecular flexibility index (Phi) is 3.39. The van der Waals surface area contributed by atoms with Gasteiger partial charge in [-0.2, -0.15) is 0 Å². The number of aromatic nitrogens is 1. The van der Waals surface area contributed by atoms with Gasteiger partial charge in [0, 0.05) is 18.0 Å². The number of anilines is 1. The molecule has 2 heterocycles. The summed E-state index contributed by atoms with van der Waals surface area (Å²) in [7, 11) is 0. The van der Waals surface area contributed by atoms with Crippen molar-refractivity contribution in [2.75, 3.05) is 5.32 Å². The van der Waals surface area contributed by atoms with Crippen LogP contribution in [-0.4, -0.2) is 17.0 Å². The molecule has 0 aliphatic carbocycles. The number of nitrogens with zero attached hydrogens (tertiary/aromatic N) is 1. The van der Waals surface area contributed by atoms with Gasteiger partial charge >= 0.3 is 0 Å². The highest BCUT2D eigenvalue weighted by Gasteiger charge is 2.29. The topological polar surface area (TPSA) is 51.2 Å². The minimum Gasteiger partial charge on any atom is -0.480 e. The monoisotopic (exact) mass is 324 g/mol. The quantitative estimate of drug-likeness (QED) is 0.779. The summed E-state index contributed by atoms with van der Waals surface area (Å²) < 4.78 is 5.72. The van der Waals surface area contributed by atoms with Crippen molar-refractivity contribution in [3.8, 4) is 5.75 Å². The van der Waals surface area contributed by atoms with Crippen LogP contribution in [0.1, 0.15) is 5.56 Å². The molecule has 114 valence electrons. The van der Waals surface area contributed by atoms with Crippen LogP contribution in [0.25, 0.3) is 10.9 Å². The first-order chi connectivity index (χ1) is 11.2. The zero-order chi connectivity index (χ0) is 15.8. The molecular weight excluding hydrogens is 312 g/mol. The lowest BCUT2D eigenvalue weighted by molar-refractivity contribution is -0.122. The number of rotatable bonds is 2. The highest BCUT2D eigenvalue weighted by atomic mass is 35.5. The lowest BCUT2D eigenvalue weighted by atomic mass is 10.1. The highest BCUT2D eigenvalue weighted by Crippen LogP contribution is 2.31. The molecule has 5 heteroatoms. The molecule has 0 saturated carbocycles. The van der Waals surface area contributed by atoms with Crippen LogP contribution in [0.5, 0.6) is 5.75 Å². The van der Waals surface area contributed by atoms with Crippen LogP contribution in [0.4, 0.5) is 5.69 Å². The van der Waals surface area contributed by atoms with E-state index < -0.39 is 6.10 Å². The van der Waals surface area contributed by atoms with E-state index in [0.29, 0.717) is 22.6 Å². The fraction of sp³-hybridized carbons (Fsp3) is 0.111. The molecule has 4 nitrogen and oxygen atoms in total. The van der Waals surface area contributed by atoms with Crippen molar-refractivity contribution < 1.29 is 9.53 Å². The van der Waals surface area contributed by atoms with Gasteiger partial charge in [0.2, 0.25) is 0 Å². The lowest BCUT2D eigenvalue weighted by Crippen LogP contribution is -2.31. The summed E-state index contributed by atoms with van der Waals surface area (Å²) in [6.07, 6.45) is 1.72. The molecule has 4 rings (SSSR count). The number of carbonyl (C=O) groups is 1. The summed E-state index contributed by atoms with van der Waals surface area (Å²) in [6.45, 7) is 0. The first kappa shape index (κ1) is 14.0. The van der Waals surface area contributed by atoms with Crippen molar-refractivity contribution in [1.82, 2.24) is 4.98 Å².